The highest BCUT2D eigenvalue weighted by molar-refractivity contribution is 5.85. The van der Waals surface area contributed by atoms with Gasteiger partial charge in [0.05, 0.1) is 23.3 Å². The lowest BCUT2D eigenvalue weighted by Gasteiger charge is -2.24. The molecule has 2 heterocycles. The minimum Gasteiger partial charge on any atom is -0.356 e. The predicted molar refractivity (Wildman–Crippen MR) is 113 cm³/mol. The lowest BCUT2D eigenvalue weighted by molar-refractivity contribution is -0.122. The van der Waals surface area contributed by atoms with E-state index in [1.165, 1.54) is 21.8 Å². The van der Waals surface area contributed by atoms with E-state index in [2.05, 4.69) is 27.4 Å². The third-order valence-corrected chi connectivity index (χ3v) is 5.76. The summed E-state index contributed by atoms with van der Waals surface area (Å²) >= 11 is 0. The average Bonchev–Trinajstić information content (AvgIpc) is 3.13. The molecule has 1 atom stereocenters. The first kappa shape index (κ1) is 17.7. The molecule has 1 aliphatic carbocycles. The number of aromatic amines is 1. The predicted octanol–water partition coefficient (Wildman–Crippen LogP) is 3.46. The molecule has 0 aliphatic heterocycles. The van der Waals surface area contributed by atoms with Crippen LogP contribution in [0.3, 0.4) is 0 Å². The van der Waals surface area contributed by atoms with Gasteiger partial charge in [-0.1, -0.05) is 30.3 Å². The number of aryl methyl sites for hydroxylation is 2. The van der Waals surface area contributed by atoms with Crippen molar-refractivity contribution in [1.29, 1.82) is 0 Å². The molecule has 0 bridgehead atoms. The van der Waals surface area contributed by atoms with E-state index in [4.69, 9.17) is 0 Å². The summed E-state index contributed by atoms with van der Waals surface area (Å²) < 4.78 is 1.51. The van der Waals surface area contributed by atoms with E-state index in [-0.39, 0.29) is 23.9 Å². The standard InChI is InChI=1S/C23H22N4O2/c28-21(12-13-27-14-24-18-9-3-2-7-17(18)23(27)29)25-20-11-5-8-16-15-6-1-4-10-19(15)26-22(16)20/h1-4,6-7,9-10,14,20,26H,5,8,11-13H2,(H,25,28)/t20-/m0/s1. The summed E-state index contributed by atoms with van der Waals surface area (Å²) in [6.45, 7) is 0.314. The monoisotopic (exact) mass is 386 g/mol. The van der Waals surface area contributed by atoms with Crippen molar-refractivity contribution in [2.45, 2.75) is 38.3 Å². The molecule has 2 aromatic heterocycles. The first-order valence-electron chi connectivity index (χ1n) is 10.0. The van der Waals surface area contributed by atoms with Crippen molar-refractivity contribution in [1.82, 2.24) is 19.9 Å². The minimum absolute atomic E-state index is 0.00917. The molecule has 0 fully saturated rings. The van der Waals surface area contributed by atoms with Gasteiger partial charge >= 0.3 is 0 Å². The number of hydrogen-bond acceptors (Lipinski definition) is 3. The van der Waals surface area contributed by atoms with Gasteiger partial charge in [-0.2, -0.15) is 0 Å². The lowest BCUT2D eigenvalue weighted by Crippen LogP contribution is -2.32. The second-order valence-corrected chi connectivity index (χ2v) is 7.59. The molecule has 6 heteroatoms. The molecular weight excluding hydrogens is 364 g/mol. The van der Waals surface area contributed by atoms with E-state index in [1.54, 1.807) is 6.07 Å². The molecule has 6 nitrogen and oxygen atoms in total. The van der Waals surface area contributed by atoms with Crippen LogP contribution in [-0.2, 0) is 17.8 Å². The molecular formula is C23H22N4O2. The van der Waals surface area contributed by atoms with E-state index in [0.29, 0.717) is 17.4 Å². The van der Waals surface area contributed by atoms with Gasteiger partial charge in [0.2, 0.25) is 5.91 Å². The summed E-state index contributed by atoms with van der Waals surface area (Å²) in [6.07, 6.45) is 4.76. The van der Waals surface area contributed by atoms with Crippen LogP contribution in [0.5, 0.6) is 0 Å². The van der Waals surface area contributed by atoms with Gasteiger partial charge in [0.15, 0.2) is 0 Å². The Morgan fingerprint density at radius 2 is 1.93 bits per heavy atom. The van der Waals surface area contributed by atoms with Crippen LogP contribution in [0, 0.1) is 0 Å². The summed E-state index contributed by atoms with van der Waals surface area (Å²) in [5, 5.41) is 4.98. The number of para-hydroxylation sites is 2. The normalized spacial score (nSPS) is 16.1. The number of H-pyrrole nitrogens is 1. The maximum atomic E-state index is 12.6. The fourth-order valence-electron chi connectivity index (χ4n) is 4.31. The average molecular weight is 386 g/mol. The first-order chi connectivity index (χ1) is 14.2. The highest BCUT2D eigenvalue weighted by atomic mass is 16.2. The molecule has 2 N–H and O–H groups in total. The SMILES string of the molecule is O=C(CCn1cnc2ccccc2c1=O)N[C@H]1CCCc2c1[nH]c1ccccc21. The Morgan fingerprint density at radius 3 is 2.83 bits per heavy atom. The van der Waals surface area contributed by atoms with Gasteiger partial charge in [0, 0.05) is 29.6 Å². The number of hydrogen-bond donors (Lipinski definition) is 2. The molecule has 5 rings (SSSR count). The number of nitrogens with zero attached hydrogens (tertiary/aromatic N) is 2. The Morgan fingerprint density at radius 1 is 1.14 bits per heavy atom. The number of amides is 1. The lowest BCUT2D eigenvalue weighted by atomic mass is 9.91. The quantitative estimate of drug-likeness (QED) is 0.564. The number of benzene rings is 2. The molecule has 0 saturated carbocycles. The maximum Gasteiger partial charge on any atom is 0.261 e. The Hall–Kier alpha value is -3.41. The minimum atomic E-state index is -0.112. The smallest absolute Gasteiger partial charge is 0.261 e. The summed E-state index contributed by atoms with van der Waals surface area (Å²) in [5.74, 6) is -0.0541. The maximum absolute atomic E-state index is 12.6. The van der Waals surface area contributed by atoms with Gasteiger partial charge in [0.25, 0.3) is 5.56 Å². The second-order valence-electron chi connectivity index (χ2n) is 7.59. The van der Waals surface area contributed by atoms with Gasteiger partial charge in [-0.05, 0) is 43.0 Å². The third-order valence-electron chi connectivity index (χ3n) is 5.76. The molecule has 146 valence electrons. The molecule has 4 aromatic rings. The zero-order chi connectivity index (χ0) is 19.8. The molecule has 1 amide bonds. The van der Waals surface area contributed by atoms with Crippen molar-refractivity contribution in [2.75, 3.05) is 0 Å². The third kappa shape index (κ3) is 3.20. The number of aromatic nitrogens is 3. The van der Waals surface area contributed by atoms with Crippen LogP contribution >= 0.6 is 0 Å². The van der Waals surface area contributed by atoms with Gasteiger partial charge in [-0.3, -0.25) is 14.2 Å². The fourth-order valence-corrected chi connectivity index (χ4v) is 4.31. The Balaban J connectivity index is 1.31. The van der Waals surface area contributed by atoms with Crippen molar-refractivity contribution >= 4 is 27.7 Å². The van der Waals surface area contributed by atoms with Crippen LogP contribution in [0.1, 0.15) is 36.6 Å². The second kappa shape index (κ2) is 7.20. The molecule has 29 heavy (non-hydrogen) atoms. The summed E-state index contributed by atoms with van der Waals surface area (Å²) in [7, 11) is 0. The Kier molecular flexibility index (Phi) is 4.39. The summed E-state index contributed by atoms with van der Waals surface area (Å²) in [4.78, 5) is 33.0. The van der Waals surface area contributed by atoms with E-state index in [1.807, 2.05) is 30.3 Å². The zero-order valence-electron chi connectivity index (χ0n) is 16.0. The number of carbonyl (C=O) groups is 1. The Bertz CT molecular complexity index is 1270. The van der Waals surface area contributed by atoms with E-state index in [0.717, 1.165) is 30.5 Å². The fraction of sp³-hybridized carbons (Fsp3) is 0.261. The van der Waals surface area contributed by atoms with Crippen LogP contribution in [0.2, 0.25) is 0 Å². The Labute approximate surface area is 167 Å². The number of carbonyl (C=O) groups excluding carboxylic acids is 1. The van der Waals surface area contributed by atoms with Crippen molar-refractivity contribution in [3.8, 4) is 0 Å². The molecule has 0 saturated heterocycles. The summed E-state index contributed by atoms with van der Waals surface area (Å²) in [5.41, 5.74) is 4.11. The van der Waals surface area contributed by atoms with E-state index < -0.39 is 0 Å². The van der Waals surface area contributed by atoms with Gasteiger partial charge in [-0.15, -0.1) is 0 Å². The highest BCUT2D eigenvalue weighted by Crippen LogP contribution is 2.34. The van der Waals surface area contributed by atoms with Crippen molar-refractivity contribution < 1.29 is 4.79 Å². The number of nitrogens with one attached hydrogen (secondary N) is 2. The highest BCUT2D eigenvalue weighted by Gasteiger charge is 2.25. The molecule has 0 radical (unpaired) electrons. The molecule has 0 spiro atoms. The zero-order valence-corrected chi connectivity index (χ0v) is 16.0. The first-order valence-corrected chi connectivity index (χ1v) is 10.0. The van der Waals surface area contributed by atoms with Crippen LogP contribution in [0.4, 0.5) is 0 Å². The van der Waals surface area contributed by atoms with Crippen LogP contribution in [0.15, 0.2) is 59.7 Å². The largest absolute Gasteiger partial charge is 0.356 e. The van der Waals surface area contributed by atoms with Crippen molar-refractivity contribution in [2.24, 2.45) is 0 Å². The number of fused-ring (bicyclic) bond motifs is 4. The van der Waals surface area contributed by atoms with Crippen molar-refractivity contribution in [3.05, 3.63) is 76.5 Å². The van der Waals surface area contributed by atoms with E-state index in [9.17, 15) is 9.59 Å². The van der Waals surface area contributed by atoms with Gasteiger partial charge in [-0.25, -0.2) is 4.98 Å². The van der Waals surface area contributed by atoms with Gasteiger partial charge < -0.3 is 10.3 Å². The van der Waals surface area contributed by atoms with Crippen LogP contribution < -0.4 is 10.9 Å². The summed E-state index contributed by atoms with van der Waals surface area (Å²) in [6, 6.07) is 15.5. The van der Waals surface area contributed by atoms with Gasteiger partial charge in [0.1, 0.15) is 0 Å². The van der Waals surface area contributed by atoms with Crippen LogP contribution in [0.25, 0.3) is 21.8 Å². The van der Waals surface area contributed by atoms with E-state index >= 15 is 0 Å². The molecule has 0 unspecified atom stereocenters. The molecule has 1 aliphatic rings. The topological polar surface area (TPSA) is 79.8 Å². The van der Waals surface area contributed by atoms with Crippen LogP contribution in [-0.4, -0.2) is 20.4 Å². The molecule has 2 aromatic carbocycles. The number of rotatable bonds is 4. The van der Waals surface area contributed by atoms with Crippen molar-refractivity contribution in [3.63, 3.8) is 0 Å².